The lowest BCUT2D eigenvalue weighted by molar-refractivity contribution is 0.127. The summed E-state index contributed by atoms with van der Waals surface area (Å²) in [6.07, 6.45) is -0.349. The van der Waals surface area contributed by atoms with Gasteiger partial charge < -0.3 is 25.1 Å². The average molecular weight is 334 g/mol. The zero-order valence-electron chi connectivity index (χ0n) is 14.2. The smallest absolute Gasteiger partial charge is 0.132 e. The molecule has 1 aromatic rings. The summed E-state index contributed by atoms with van der Waals surface area (Å²) in [7, 11) is 4.67. The predicted octanol–water partition coefficient (Wildman–Crippen LogP) is 2.93. The molecule has 1 aromatic carbocycles. The highest BCUT2D eigenvalue weighted by atomic mass is 35.5. The summed E-state index contributed by atoms with van der Waals surface area (Å²) < 4.78 is 15.9. The number of rotatable bonds is 6. The van der Waals surface area contributed by atoms with Gasteiger partial charge in [0.1, 0.15) is 17.2 Å². The molecule has 0 amide bonds. The van der Waals surface area contributed by atoms with E-state index in [1.807, 2.05) is 20.8 Å². The van der Waals surface area contributed by atoms with Crippen molar-refractivity contribution in [3.8, 4) is 17.2 Å². The highest BCUT2D eigenvalue weighted by Gasteiger charge is 2.27. The molecule has 0 saturated heterocycles. The van der Waals surface area contributed by atoms with Crippen LogP contribution in [0.15, 0.2) is 12.1 Å². The first-order valence-corrected chi connectivity index (χ1v) is 6.98. The number of hydrogen-bond donors (Lipinski definition) is 2. The number of methoxy groups -OCH3 is 3. The van der Waals surface area contributed by atoms with Crippen LogP contribution in [0.25, 0.3) is 0 Å². The van der Waals surface area contributed by atoms with Gasteiger partial charge in [0.15, 0.2) is 0 Å². The van der Waals surface area contributed by atoms with Gasteiger partial charge in [-0.3, -0.25) is 0 Å². The predicted molar refractivity (Wildman–Crippen MR) is 90.4 cm³/mol. The van der Waals surface area contributed by atoms with Gasteiger partial charge in [0.2, 0.25) is 0 Å². The summed E-state index contributed by atoms with van der Waals surface area (Å²) >= 11 is 0. The van der Waals surface area contributed by atoms with Crippen LogP contribution in [0.1, 0.15) is 38.9 Å². The van der Waals surface area contributed by atoms with Crippen LogP contribution in [0, 0.1) is 5.41 Å². The lowest BCUT2D eigenvalue weighted by Crippen LogP contribution is -2.36. The monoisotopic (exact) mass is 333 g/mol. The Labute approximate surface area is 139 Å². The number of nitrogens with two attached hydrogens (primary N) is 1. The van der Waals surface area contributed by atoms with E-state index in [-0.39, 0.29) is 23.9 Å². The molecule has 0 unspecified atom stereocenters. The van der Waals surface area contributed by atoms with E-state index in [9.17, 15) is 5.11 Å². The molecule has 0 spiro atoms. The maximum atomic E-state index is 10.6. The van der Waals surface area contributed by atoms with E-state index in [4.69, 9.17) is 19.9 Å². The molecule has 6 heteroatoms. The van der Waals surface area contributed by atoms with Gasteiger partial charge >= 0.3 is 0 Å². The molecule has 22 heavy (non-hydrogen) atoms. The summed E-state index contributed by atoms with van der Waals surface area (Å²) in [5.74, 6) is 1.67. The van der Waals surface area contributed by atoms with Crippen LogP contribution in [0.5, 0.6) is 17.2 Å². The van der Waals surface area contributed by atoms with Crippen molar-refractivity contribution in [1.29, 1.82) is 0 Å². The number of benzene rings is 1. The van der Waals surface area contributed by atoms with Crippen LogP contribution in [0.2, 0.25) is 0 Å². The fraction of sp³-hybridized carbons (Fsp3) is 0.625. The molecule has 3 N–H and O–H groups in total. The Morgan fingerprint density at radius 3 is 1.82 bits per heavy atom. The van der Waals surface area contributed by atoms with E-state index < -0.39 is 6.10 Å². The van der Waals surface area contributed by atoms with Gasteiger partial charge in [-0.25, -0.2) is 0 Å². The average Bonchev–Trinajstić information content (AvgIpc) is 2.44. The number of aliphatic hydroxyl groups excluding tert-OH is 1. The van der Waals surface area contributed by atoms with Gasteiger partial charge in [0.25, 0.3) is 0 Å². The third-order valence-corrected chi connectivity index (χ3v) is 3.68. The standard InChI is InChI=1S/C16H27NO4.ClH/c1-16(2,3)14(17)9-11(18)15-12(20-5)7-10(19-4)8-13(15)21-6;/h7-8,11,14,18H,9,17H2,1-6H3;1H/t11-,14+;/m0./s1. The number of ether oxygens (including phenoxy) is 3. The SMILES string of the molecule is COc1cc(OC)c([C@@H](O)C[C@@H](N)C(C)(C)C)c(OC)c1.Cl. The van der Waals surface area contributed by atoms with Crippen molar-refractivity contribution in [2.75, 3.05) is 21.3 Å². The molecule has 0 aromatic heterocycles. The summed E-state index contributed by atoms with van der Waals surface area (Å²) in [6.45, 7) is 6.15. The van der Waals surface area contributed by atoms with Crippen LogP contribution in [-0.2, 0) is 0 Å². The molecule has 0 aliphatic heterocycles. The Kier molecular flexibility index (Phi) is 8.01. The van der Waals surface area contributed by atoms with E-state index in [1.54, 1.807) is 33.5 Å². The normalized spacial score (nSPS) is 13.8. The molecule has 0 aliphatic carbocycles. The first kappa shape index (κ1) is 20.8. The molecular formula is C16H28ClNO4. The molecule has 0 heterocycles. The van der Waals surface area contributed by atoms with Crippen LogP contribution in [0.4, 0.5) is 0 Å². The van der Waals surface area contributed by atoms with Crippen molar-refractivity contribution >= 4 is 12.4 Å². The Balaban J connectivity index is 0.00000441. The van der Waals surface area contributed by atoms with Gasteiger partial charge in [-0.2, -0.15) is 0 Å². The molecular weight excluding hydrogens is 306 g/mol. The molecule has 128 valence electrons. The second-order valence-corrected chi connectivity index (χ2v) is 6.17. The third kappa shape index (κ3) is 4.93. The van der Waals surface area contributed by atoms with Gasteiger partial charge in [0.05, 0.1) is 33.0 Å². The minimum absolute atomic E-state index is 0. The largest absolute Gasteiger partial charge is 0.496 e. The van der Waals surface area contributed by atoms with Crippen molar-refractivity contribution in [2.45, 2.75) is 39.3 Å². The number of halogens is 1. The van der Waals surface area contributed by atoms with Crippen LogP contribution < -0.4 is 19.9 Å². The lowest BCUT2D eigenvalue weighted by atomic mass is 9.83. The maximum Gasteiger partial charge on any atom is 0.132 e. The van der Waals surface area contributed by atoms with E-state index in [1.165, 1.54) is 0 Å². The molecule has 0 radical (unpaired) electrons. The molecule has 1 rings (SSSR count). The number of hydrogen-bond acceptors (Lipinski definition) is 5. The van der Waals surface area contributed by atoms with E-state index in [0.29, 0.717) is 29.2 Å². The zero-order valence-corrected chi connectivity index (χ0v) is 15.0. The van der Waals surface area contributed by atoms with E-state index in [2.05, 4.69) is 0 Å². The maximum absolute atomic E-state index is 10.6. The minimum Gasteiger partial charge on any atom is -0.496 e. The fourth-order valence-electron chi connectivity index (χ4n) is 2.07. The number of aliphatic hydroxyl groups is 1. The molecule has 5 nitrogen and oxygen atoms in total. The zero-order chi connectivity index (χ0) is 16.2. The van der Waals surface area contributed by atoms with Crippen molar-refractivity contribution < 1.29 is 19.3 Å². The van der Waals surface area contributed by atoms with Crippen LogP contribution in [-0.4, -0.2) is 32.5 Å². The first-order valence-electron chi connectivity index (χ1n) is 6.98. The molecule has 0 bridgehead atoms. The Bertz CT molecular complexity index is 449. The summed E-state index contributed by atoms with van der Waals surface area (Å²) in [6, 6.07) is 3.30. The lowest BCUT2D eigenvalue weighted by Gasteiger charge is -2.29. The first-order chi connectivity index (χ1) is 9.74. The summed E-state index contributed by atoms with van der Waals surface area (Å²) in [5, 5.41) is 10.6. The van der Waals surface area contributed by atoms with E-state index in [0.717, 1.165) is 0 Å². The van der Waals surface area contributed by atoms with Crippen molar-refractivity contribution in [3.63, 3.8) is 0 Å². The van der Waals surface area contributed by atoms with Crippen molar-refractivity contribution in [1.82, 2.24) is 0 Å². The quantitative estimate of drug-likeness (QED) is 0.837. The van der Waals surface area contributed by atoms with Crippen LogP contribution >= 0.6 is 12.4 Å². The van der Waals surface area contributed by atoms with Gasteiger partial charge in [0, 0.05) is 18.2 Å². The van der Waals surface area contributed by atoms with Crippen molar-refractivity contribution in [3.05, 3.63) is 17.7 Å². The highest BCUT2D eigenvalue weighted by molar-refractivity contribution is 5.85. The topological polar surface area (TPSA) is 73.9 Å². The second-order valence-electron chi connectivity index (χ2n) is 6.17. The Morgan fingerprint density at radius 1 is 1.05 bits per heavy atom. The summed E-state index contributed by atoms with van der Waals surface area (Å²) in [4.78, 5) is 0. The van der Waals surface area contributed by atoms with E-state index >= 15 is 0 Å². The molecule has 0 saturated carbocycles. The Hall–Kier alpha value is -1.17. The summed E-state index contributed by atoms with van der Waals surface area (Å²) in [5.41, 5.74) is 6.67. The second kappa shape index (κ2) is 8.46. The molecule has 0 aliphatic rings. The van der Waals surface area contributed by atoms with Gasteiger partial charge in [-0.05, 0) is 11.8 Å². The highest BCUT2D eigenvalue weighted by Crippen LogP contribution is 2.40. The van der Waals surface area contributed by atoms with Gasteiger partial charge in [-0.1, -0.05) is 20.8 Å². The molecule has 2 atom stereocenters. The Morgan fingerprint density at radius 2 is 1.50 bits per heavy atom. The van der Waals surface area contributed by atoms with Crippen molar-refractivity contribution in [2.24, 2.45) is 11.1 Å². The van der Waals surface area contributed by atoms with Crippen LogP contribution in [0.3, 0.4) is 0 Å². The minimum atomic E-state index is -0.768. The third-order valence-electron chi connectivity index (χ3n) is 3.68. The fourth-order valence-corrected chi connectivity index (χ4v) is 2.07. The molecule has 0 fully saturated rings. The van der Waals surface area contributed by atoms with Gasteiger partial charge in [-0.15, -0.1) is 12.4 Å².